The molecule has 2 rings (SSSR count). The minimum Gasteiger partial charge on any atom is -0.399 e. The van der Waals surface area contributed by atoms with E-state index < -0.39 is 0 Å². The van der Waals surface area contributed by atoms with E-state index >= 15 is 0 Å². The molecule has 1 aromatic carbocycles. The first-order chi connectivity index (χ1) is 9.52. The van der Waals surface area contributed by atoms with Crippen molar-refractivity contribution in [2.45, 2.75) is 19.9 Å². The van der Waals surface area contributed by atoms with E-state index in [2.05, 4.69) is 0 Å². The predicted octanol–water partition coefficient (Wildman–Crippen LogP) is 3.82. The van der Waals surface area contributed by atoms with Crippen molar-refractivity contribution in [1.29, 1.82) is 0 Å². The van der Waals surface area contributed by atoms with Crippen LogP contribution in [0.15, 0.2) is 29.6 Å². The van der Waals surface area contributed by atoms with Gasteiger partial charge < -0.3 is 10.6 Å². The summed E-state index contributed by atoms with van der Waals surface area (Å²) in [7, 11) is 1.78. The Hall–Kier alpha value is -1.52. The summed E-state index contributed by atoms with van der Waals surface area (Å²) in [6, 6.07) is 7.32. The Morgan fingerprint density at radius 1 is 1.35 bits per heavy atom. The molecular formula is C15H17ClN2OS. The van der Waals surface area contributed by atoms with Crippen molar-refractivity contribution >= 4 is 34.5 Å². The summed E-state index contributed by atoms with van der Waals surface area (Å²) >= 11 is 7.62. The zero-order valence-electron chi connectivity index (χ0n) is 11.5. The average Bonchev–Trinajstić information content (AvgIpc) is 2.90. The molecule has 20 heavy (non-hydrogen) atoms. The lowest BCUT2D eigenvalue weighted by Gasteiger charge is -2.18. The van der Waals surface area contributed by atoms with Gasteiger partial charge in [-0.25, -0.2) is 0 Å². The maximum absolute atomic E-state index is 12.4. The Kier molecular flexibility index (Phi) is 4.68. The van der Waals surface area contributed by atoms with E-state index in [1.807, 2.05) is 18.4 Å². The molecule has 2 aromatic rings. The molecule has 5 heteroatoms. The van der Waals surface area contributed by atoms with Crippen LogP contribution in [-0.2, 0) is 13.0 Å². The number of carbonyl (C=O) groups is 1. The fourth-order valence-electron chi connectivity index (χ4n) is 2.02. The lowest BCUT2D eigenvalue weighted by molar-refractivity contribution is 0.0789. The van der Waals surface area contributed by atoms with Gasteiger partial charge in [-0.05, 0) is 47.2 Å². The molecule has 0 spiro atoms. The number of halogens is 1. The molecule has 0 aliphatic heterocycles. The molecule has 0 bridgehead atoms. The second-order valence-electron chi connectivity index (χ2n) is 4.64. The molecule has 0 saturated carbocycles. The summed E-state index contributed by atoms with van der Waals surface area (Å²) in [5, 5.41) is 2.58. The molecule has 1 aromatic heterocycles. The fraction of sp³-hybridized carbons (Fsp3) is 0.267. The summed E-state index contributed by atoms with van der Waals surface area (Å²) in [5.74, 6) is 0.0235. The van der Waals surface area contributed by atoms with Gasteiger partial charge in [-0.1, -0.05) is 18.5 Å². The van der Waals surface area contributed by atoms with Crippen LogP contribution in [0, 0.1) is 0 Å². The summed E-state index contributed by atoms with van der Waals surface area (Å²) in [4.78, 5) is 14.9. The second kappa shape index (κ2) is 6.29. The van der Waals surface area contributed by atoms with Crippen LogP contribution in [-0.4, -0.2) is 17.9 Å². The molecule has 0 fully saturated rings. The molecular weight excluding hydrogens is 292 g/mol. The van der Waals surface area contributed by atoms with Gasteiger partial charge in [0.25, 0.3) is 5.91 Å². The standard InChI is InChI=1S/C15H17ClN2OS/c1-3-10-6-7-20-14(10)15(19)18(2)9-11-8-12(17)4-5-13(11)16/h4-8H,3,9,17H2,1-2H3. The third-order valence-electron chi connectivity index (χ3n) is 3.15. The molecule has 1 heterocycles. The van der Waals surface area contributed by atoms with Crippen LogP contribution in [0.5, 0.6) is 0 Å². The molecule has 3 nitrogen and oxygen atoms in total. The summed E-state index contributed by atoms with van der Waals surface area (Å²) in [6.45, 7) is 2.50. The van der Waals surface area contributed by atoms with Gasteiger partial charge in [-0.2, -0.15) is 0 Å². The largest absolute Gasteiger partial charge is 0.399 e. The maximum Gasteiger partial charge on any atom is 0.264 e. The number of amides is 1. The molecule has 0 atom stereocenters. The van der Waals surface area contributed by atoms with Crippen LogP contribution in [0.1, 0.15) is 27.7 Å². The van der Waals surface area contributed by atoms with Gasteiger partial charge in [-0.15, -0.1) is 11.3 Å². The van der Waals surface area contributed by atoms with Crippen molar-refractivity contribution in [1.82, 2.24) is 4.90 Å². The van der Waals surface area contributed by atoms with Crippen LogP contribution in [0.3, 0.4) is 0 Å². The number of nitrogens with two attached hydrogens (primary N) is 1. The highest BCUT2D eigenvalue weighted by Gasteiger charge is 2.17. The van der Waals surface area contributed by atoms with E-state index in [0.717, 1.165) is 22.4 Å². The van der Waals surface area contributed by atoms with Gasteiger partial charge in [-0.3, -0.25) is 4.79 Å². The Balaban J connectivity index is 2.17. The molecule has 0 saturated heterocycles. The van der Waals surface area contributed by atoms with Gasteiger partial charge in [0.1, 0.15) is 0 Å². The normalized spacial score (nSPS) is 10.6. The van der Waals surface area contributed by atoms with Crippen LogP contribution < -0.4 is 5.73 Å². The molecule has 1 amide bonds. The van der Waals surface area contributed by atoms with E-state index in [4.69, 9.17) is 17.3 Å². The Labute approximate surface area is 128 Å². The number of carbonyl (C=O) groups excluding carboxylic acids is 1. The number of hydrogen-bond acceptors (Lipinski definition) is 3. The number of benzene rings is 1. The Morgan fingerprint density at radius 2 is 2.10 bits per heavy atom. The van der Waals surface area contributed by atoms with E-state index in [1.54, 1.807) is 30.1 Å². The first kappa shape index (κ1) is 14.9. The smallest absolute Gasteiger partial charge is 0.264 e. The number of rotatable bonds is 4. The zero-order valence-corrected chi connectivity index (χ0v) is 13.1. The summed E-state index contributed by atoms with van der Waals surface area (Å²) in [6.07, 6.45) is 0.859. The molecule has 106 valence electrons. The lowest BCUT2D eigenvalue weighted by atomic mass is 10.1. The first-order valence-electron chi connectivity index (χ1n) is 6.38. The number of thiophene rings is 1. The maximum atomic E-state index is 12.4. The Morgan fingerprint density at radius 3 is 2.80 bits per heavy atom. The number of hydrogen-bond donors (Lipinski definition) is 1. The second-order valence-corrected chi connectivity index (χ2v) is 5.96. The lowest BCUT2D eigenvalue weighted by Crippen LogP contribution is -2.26. The van der Waals surface area contributed by atoms with Gasteiger partial charge >= 0.3 is 0 Å². The van der Waals surface area contributed by atoms with Crippen molar-refractivity contribution in [3.8, 4) is 0 Å². The van der Waals surface area contributed by atoms with Crippen molar-refractivity contribution in [2.24, 2.45) is 0 Å². The molecule has 0 aliphatic rings. The van der Waals surface area contributed by atoms with Crippen molar-refractivity contribution in [3.63, 3.8) is 0 Å². The van der Waals surface area contributed by atoms with E-state index in [1.165, 1.54) is 11.3 Å². The van der Waals surface area contributed by atoms with E-state index in [9.17, 15) is 4.79 Å². The third-order valence-corrected chi connectivity index (χ3v) is 4.46. The number of aryl methyl sites for hydroxylation is 1. The zero-order chi connectivity index (χ0) is 14.7. The van der Waals surface area contributed by atoms with E-state index in [-0.39, 0.29) is 5.91 Å². The first-order valence-corrected chi connectivity index (χ1v) is 7.64. The highest BCUT2D eigenvalue weighted by Crippen LogP contribution is 2.23. The molecule has 0 aliphatic carbocycles. The summed E-state index contributed by atoms with van der Waals surface area (Å²) in [5.41, 5.74) is 8.36. The van der Waals surface area contributed by atoms with Gasteiger partial charge in [0.15, 0.2) is 0 Å². The van der Waals surface area contributed by atoms with E-state index in [0.29, 0.717) is 17.3 Å². The fourth-order valence-corrected chi connectivity index (χ4v) is 3.18. The summed E-state index contributed by atoms with van der Waals surface area (Å²) < 4.78 is 0. The third kappa shape index (κ3) is 3.14. The number of anilines is 1. The quantitative estimate of drug-likeness (QED) is 0.873. The molecule has 2 N–H and O–H groups in total. The highest BCUT2D eigenvalue weighted by atomic mass is 35.5. The number of nitrogen functional groups attached to an aromatic ring is 1. The van der Waals surface area contributed by atoms with Crippen molar-refractivity contribution in [3.05, 3.63) is 50.7 Å². The topological polar surface area (TPSA) is 46.3 Å². The molecule has 0 radical (unpaired) electrons. The SMILES string of the molecule is CCc1ccsc1C(=O)N(C)Cc1cc(N)ccc1Cl. The van der Waals surface area contributed by atoms with Crippen molar-refractivity contribution in [2.75, 3.05) is 12.8 Å². The highest BCUT2D eigenvalue weighted by molar-refractivity contribution is 7.12. The predicted molar refractivity (Wildman–Crippen MR) is 85.4 cm³/mol. The number of nitrogens with zero attached hydrogens (tertiary/aromatic N) is 1. The van der Waals surface area contributed by atoms with Crippen molar-refractivity contribution < 1.29 is 4.79 Å². The minimum atomic E-state index is 0.0235. The monoisotopic (exact) mass is 308 g/mol. The van der Waals surface area contributed by atoms with Crippen LogP contribution in [0.25, 0.3) is 0 Å². The van der Waals surface area contributed by atoms with Crippen LogP contribution in [0.4, 0.5) is 5.69 Å². The van der Waals surface area contributed by atoms with Gasteiger partial charge in [0.05, 0.1) is 4.88 Å². The molecule has 0 unspecified atom stereocenters. The van der Waals surface area contributed by atoms with Crippen LogP contribution in [0.2, 0.25) is 5.02 Å². The van der Waals surface area contributed by atoms with Crippen LogP contribution >= 0.6 is 22.9 Å². The Bertz CT molecular complexity index is 624. The minimum absolute atomic E-state index is 0.0235. The average molecular weight is 309 g/mol. The van der Waals surface area contributed by atoms with Gasteiger partial charge in [0.2, 0.25) is 0 Å². The van der Waals surface area contributed by atoms with Gasteiger partial charge in [0, 0.05) is 24.3 Å².